The van der Waals surface area contributed by atoms with E-state index < -0.39 is 0 Å². The third kappa shape index (κ3) is 3.01. The van der Waals surface area contributed by atoms with Gasteiger partial charge in [-0.15, -0.1) is 11.6 Å². The Morgan fingerprint density at radius 1 is 1.47 bits per heavy atom. The average Bonchev–Trinajstić information content (AvgIpc) is 2.76. The SMILES string of the molecule is COC(=O)CCn1c(CCCl)nc2c(Cl)cccc21. The average molecular weight is 301 g/mol. The molecule has 6 heteroatoms. The number of rotatable bonds is 5. The zero-order chi connectivity index (χ0) is 13.8. The minimum absolute atomic E-state index is 0.249. The molecule has 2 aromatic rings. The van der Waals surface area contributed by atoms with Gasteiger partial charge < -0.3 is 9.30 Å². The number of hydrogen-bond acceptors (Lipinski definition) is 3. The van der Waals surface area contributed by atoms with Gasteiger partial charge in [0, 0.05) is 18.8 Å². The molecule has 0 unspecified atom stereocenters. The normalized spacial score (nSPS) is 10.9. The lowest BCUT2D eigenvalue weighted by molar-refractivity contribution is -0.140. The number of fused-ring (bicyclic) bond motifs is 1. The number of nitrogens with zero attached hydrogens (tertiary/aromatic N) is 2. The molecule has 1 aromatic heterocycles. The summed E-state index contributed by atoms with van der Waals surface area (Å²) in [6, 6.07) is 5.60. The summed E-state index contributed by atoms with van der Waals surface area (Å²) in [5.41, 5.74) is 1.66. The summed E-state index contributed by atoms with van der Waals surface area (Å²) in [6.45, 7) is 0.510. The van der Waals surface area contributed by atoms with Crippen LogP contribution < -0.4 is 0 Å². The molecule has 0 bridgehead atoms. The number of halogens is 2. The standard InChI is InChI=1S/C13H14Cl2N2O2/c1-19-12(18)6-8-17-10-4-2-3-9(15)13(10)16-11(17)5-7-14/h2-4H,5-8H2,1H3. The maximum absolute atomic E-state index is 11.3. The van der Waals surface area contributed by atoms with E-state index in [1.165, 1.54) is 7.11 Å². The van der Waals surface area contributed by atoms with Crippen molar-refractivity contribution in [1.82, 2.24) is 9.55 Å². The minimum atomic E-state index is -0.249. The first-order chi connectivity index (χ1) is 9.17. The van der Waals surface area contributed by atoms with Crippen molar-refractivity contribution >= 4 is 40.2 Å². The van der Waals surface area contributed by atoms with Crippen LogP contribution in [0.3, 0.4) is 0 Å². The summed E-state index contributed by atoms with van der Waals surface area (Å²) in [5, 5.41) is 0.602. The Bertz CT molecular complexity index is 596. The van der Waals surface area contributed by atoms with Crippen LogP contribution in [0.2, 0.25) is 5.02 Å². The lowest BCUT2D eigenvalue weighted by Gasteiger charge is -2.07. The molecule has 0 radical (unpaired) electrons. The Balaban J connectivity index is 2.40. The fraction of sp³-hybridized carbons (Fsp3) is 0.385. The number of benzene rings is 1. The number of carbonyl (C=O) groups excluding carboxylic acids is 1. The molecular weight excluding hydrogens is 287 g/mol. The number of alkyl halides is 1. The largest absolute Gasteiger partial charge is 0.469 e. The van der Waals surface area contributed by atoms with E-state index in [9.17, 15) is 4.79 Å². The zero-order valence-electron chi connectivity index (χ0n) is 10.5. The third-order valence-electron chi connectivity index (χ3n) is 2.89. The van der Waals surface area contributed by atoms with Crippen LogP contribution in [0.1, 0.15) is 12.2 Å². The van der Waals surface area contributed by atoms with Gasteiger partial charge in [-0.2, -0.15) is 0 Å². The summed E-state index contributed by atoms with van der Waals surface area (Å²) in [5.74, 6) is 1.06. The fourth-order valence-electron chi connectivity index (χ4n) is 1.99. The Morgan fingerprint density at radius 3 is 2.95 bits per heavy atom. The van der Waals surface area contributed by atoms with E-state index in [0.29, 0.717) is 30.3 Å². The molecule has 0 saturated heterocycles. The molecule has 0 spiro atoms. The first-order valence-electron chi connectivity index (χ1n) is 5.93. The molecule has 0 aliphatic carbocycles. The summed E-state index contributed by atoms with van der Waals surface area (Å²) >= 11 is 11.9. The number of esters is 1. The molecule has 0 amide bonds. The second kappa shape index (κ2) is 6.26. The van der Waals surface area contributed by atoms with Gasteiger partial charge in [-0.3, -0.25) is 4.79 Å². The molecule has 2 rings (SSSR count). The molecule has 4 nitrogen and oxygen atoms in total. The van der Waals surface area contributed by atoms with Crippen LogP contribution in [0.5, 0.6) is 0 Å². The van der Waals surface area contributed by atoms with E-state index in [4.69, 9.17) is 23.2 Å². The van der Waals surface area contributed by atoms with Gasteiger partial charge in [-0.05, 0) is 12.1 Å². The number of aromatic nitrogens is 2. The van der Waals surface area contributed by atoms with Crippen molar-refractivity contribution in [2.45, 2.75) is 19.4 Å². The number of para-hydroxylation sites is 1. The van der Waals surface area contributed by atoms with E-state index >= 15 is 0 Å². The topological polar surface area (TPSA) is 44.1 Å². The molecule has 1 heterocycles. The third-order valence-corrected chi connectivity index (χ3v) is 3.39. The maximum atomic E-state index is 11.3. The summed E-state index contributed by atoms with van der Waals surface area (Å²) < 4.78 is 6.63. The van der Waals surface area contributed by atoms with Gasteiger partial charge in [0.05, 0.1) is 24.1 Å². The monoisotopic (exact) mass is 300 g/mol. The number of methoxy groups -OCH3 is 1. The van der Waals surface area contributed by atoms with Crippen molar-refractivity contribution in [3.8, 4) is 0 Å². The number of aryl methyl sites for hydroxylation is 2. The van der Waals surface area contributed by atoms with Gasteiger partial charge in [0.1, 0.15) is 11.3 Å². The summed E-state index contributed by atoms with van der Waals surface area (Å²) in [4.78, 5) is 15.8. The molecule has 0 saturated carbocycles. The Labute approximate surface area is 121 Å². The van der Waals surface area contributed by atoms with E-state index in [-0.39, 0.29) is 5.97 Å². The van der Waals surface area contributed by atoms with Crippen molar-refractivity contribution < 1.29 is 9.53 Å². The van der Waals surface area contributed by atoms with E-state index in [1.54, 1.807) is 6.07 Å². The van der Waals surface area contributed by atoms with Crippen LogP contribution in [0, 0.1) is 0 Å². The van der Waals surface area contributed by atoms with E-state index in [0.717, 1.165) is 16.9 Å². The highest BCUT2D eigenvalue weighted by Gasteiger charge is 2.13. The van der Waals surface area contributed by atoms with Crippen LogP contribution in [0.15, 0.2) is 18.2 Å². The molecular formula is C13H14Cl2N2O2. The maximum Gasteiger partial charge on any atom is 0.307 e. The van der Waals surface area contributed by atoms with Gasteiger partial charge >= 0.3 is 5.97 Å². The summed E-state index contributed by atoms with van der Waals surface area (Å²) in [6.07, 6.45) is 0.928. The molecule has 0 fully saturated rings. The highest BCUT2D eigenvalue weighted by atomic mass is 35.5. The van der Waals surface area contributed by atoms with Gasteiger partial charge in [0.15, 0.2) is 0 Å². The zero-order valence-corrected chi connectivity index (χ0v) is 12.0. The number of hydrogen-bond donors (Lipinski definition) is 0. The predicted octanol–water partition coefficient (Wildman–Crippen LogP) is 3.03. The second-order valence-corrected chi connectivity index (χ2v) is 4.84. The summed E-state index contributed by atoms with van der Waals surface area (Å²) in [7, 11) is 1.38. The van der Waals surface area contributed by atoms with Crippen LogP contribution in [-0.4, -0.2) is 28.5 Å². The predicted molar refractivity (Wildman–Crippen MR) is 75.8 cm³/mol. The van der Waals surface area contributed by atoms with Crippen molar-refractivity contribution in [3.63, 3.8) is 0 Å². The van der Waals surface area contributed by atoms with Gasteiger partial charge in [0.2, 0.25) is 0 Å². The second-order valence-electron chi connectivity index (χ2n) is 4.05. The number of carbonyl (C=O) groups is 1. The molecule has 0 atom stereocenters. The van der Waals surface area contributed by atoms with Crippen LogP contribution in [0.4, 0.5) is 0 Å². The smallest absolute Gasteiger partial charge is 0.307 e. The van der Waals surface area contributed by atoms with Crippen molar-refractivity contribution in [2.24, 2.45) is 0 Å². The molecule has 1 aromatic carbocycles. The molecule has 0 aliphatic heterocycles. The van der Waals surface area contributed by atoms with Crippen molar-refractivity contribution in [2.75, 3.05) is 13.0 Å². The lowest BCUT2D eigenvalue weighted by Crippen LogP contribution is -2.10. The Hall–Kier alpha value is -1.26. The van der Waals surface area contributed by atoms with Crippen LogP contribution >= 0.6 is 23.2 Å². The van der Waals surface area contributed by atoms with Gasteiger partial charge in [-0.25, -0.2) is 4.98 Å². The number of imidazole rings is 1. The molecule has 0 N–H and O–H groups in total. The first kappa shape index (κ1) is 14.2. The fourth-order valence-corrected chi connectivity index (χ4v) is 2.37. The van der Waals surface area contributed by atoms with Crippen molar-refractivity contribution in [1.29, 1.82) is 0 Å². The minimum Gasteiger partial charge on any atom is -0.469 e. The number of ether oxygens (including phenoxy) is 1. The van der Waals surface area contributed by atoms with Crippen LogP contribution in [-0.2, 0) is 22.5 Å². The molecule has 0 aliphatic rings. The van der Waals surface area contributed by atoms with Gasteiger partial charge in [-0.1, -0.05) is 17.7 Å². The Kier molecular flexibility index (Phi) is 4.66. The Morgan fingerprint density at radius 2 is 2.26 bits per heavy atom. The van der Waals surface area contributed by atoms with Gasteiger partial charge in [0.25, 0.3) is 0 Å². The molecule has 19 heavy (non-hydrogen) atoms. The van der Waals surface area contributed by atoms with Crippen LogP contribution in [0.25, 0.3) is 11.0 Å². The highest BCUT2D eigenvalue weighted by molar-refractivity contribution is 6.34. The molecule has 102 valence electrons. The van der Waals surface area contributed by atoms with E-state index in [2.05, 4.69) is 9.72 Å². The van der Waals surface area contributed by atoms with Crippen molar-refractivity contribution in [3.05, 3.63) is 29.0 Å². The van der Waals surface area contributed by atoms with E-state index in [1.807, 2.05) is 16.7 Å². The first-order valence-corrected chi connectivity index (χ1v) is 6.85. The lowest BCUT2D eigenvalue weighted by atomic mass is 10.3. The highest BCUT2D eigenvalue weighted by Crippen LogP contribution is 2.24. The quantitative estimate of drug-likeness (QED) is 0.630.